The summed E-state index contributed by atoms with van der Waals surface area (Å²) < 4.78 is 0. The van der Waals surface area contributed by atoms with Crippen LogP contribution in [0.4, 0.5) is 5.69 Å². The van der Waals surface area contributed by atoms with Crippen LogP contribution in [0.3, 0.4) is 0 Å². The van der Waals surface area contributed by atoms with E-state index >= 15 is 0 Å². The van der Waals surface area contributed by atoms with Gasteiger partial charge in [0.15, 0.2) is 0 Å². The molecule has 4 aromatic carbocycles. The summed E-state index contributed by atoms with van der Waals surface area (Å²) in [6.07, 6.45) is 0. The van der Waals surface area contributed by atoms with Crippen LogP contribution in [0.5, 0.6) is 0 Å². The number of hydrogen-bond donors (Lipinski definition) is 0. The Labute approximate surface area is 167 Å². The summed E-state index contributed by atoms with van der Waals surface area (Å²) in [4.78, 5) is 15.9. The van der Waals surface area contributed by atoms with Gasteiger partial charge >= 0.3 is 0 Å². The van der Waals surface area contributed by atoms with E-state index in [1.54, 1.807) is 12.1 Å². The lowest BCUT2D eigenvalue weighted by Crippen LogP contribution is -1.92. The van der Waals surface area contributed by atoms with Gasteiger partial charge in [0, 0.05) is 23.1 Å². The van der Waals surface area contributed by atoms with Crippen molar-refractivity contribution in [2.45, 2.75) is 0 Å². The van der Waals surface area contributed by atoms with Crippen LogP contribution in [-0.4, -0.2) is 9.91 Å². The van der Waals surface area contributed by atoms with Crippen molar-refractivity contribution in [1.82, 2.24) is 4.98 Å². The number of rotatable bonds is 3. The predicted molar refractivity (Wildman–Crippen MR) is 117 cm³/mol. The van der Waals surface area contributed by atoms with Gasteiger partial charge in [-0.05, 0) is 34.0 Å². The van der Waals surface area contributed by atoms with Crippen LogP contribution in [0.1, 0.15) is 0 Å². The molecule has 4 heteroatoms. The molecule has 5 rings (SSSR count). The van der Waals surface area contributed by atoms with Gasteiger partial charge in [-0.15, -0.1) is 0 Å². The molecule has 0 atom stereocenters. The number of nitro groups is 1. The van der Waals surface area contributed by atoms with E-state index in [2.05, 4.69) is 18.2 Å². The van der Waals surface area contributed by atoms with Gasteiger partial charge in [0.05, 0.1) is 16.1 Å². The van der Waals surface area contributed by atoms with E-state index in [0.29, 0.717) is 0 Å². The minimum absolute atomic E-state index is 0.0777. The second kappa shape index (κ2) is 6.84. The van der Waals surface area contributed by atoms with E-state index in [0.717, 1.165) is 44.1 Å². The molecule has 0 unspecified atom stereocenters. The Kier molecular flexibility index (Phi) is 4.03. The van der Waals surface area contributed by atoms with Crippen molar-refractivity contribution in [1.29, 1.82) is 0 Å². The maximum absolute atomic E-state index is 11.3. The number of fused-ring (bicyclic) bond motifs is 3. The fourth-order valence-corrected chi connectivity index (χ4v) is 3.78. The van der Waals surface area contributed by atoms with Gasteiger partial charge in [0.25, 0.3) is 5.69 Å². The first kappa shape index (κ1) is 17.1. The van der Waals surface area contributed by atoms with Crippen molar-refractivity contribution in [3.05, 3.63) is 107 Å². The van der Waals surface area contributed by atoms with Gasteiger partial charge in [0.2, 0.25) is 0 Å². The SMILES string of the molecule is O=[N+]([O-])c1cccc(-c2cc(-c3ccccc3)nc3ccc4ccccc4c23)c1. The largest absolute Gasteiger partial charge is 0.270 e. The van der Waals surface area contributed by atoms with E-state index in [-0.39, 0.29) is 10.6 Å². The van der Waals surface area contributed by atoms with Crippen molar-refractivity contribution in [2.75, 3.05) is 0 Å². The van der Waals surface area contributed by atoms with Gasteiger partial charge in [-0.3, -0.25) is 10.1 Å². The molecular formula is C25H16N2O2. The van der Waals surface area contributed by atoms with Gasteiger partial charge in [-0.2, -0.15) is 0 Å². The second-order valence-electron chi connectivity index (χ2n) is 6.91. The van der Waals surface area contributed by atoms with Gasteiger partial charge in [-0.1, -0.05) is 72.8 Å². The van der Waals surface area contributed by atoms with Crippen LogP contribution in [0, 0.1) is 10.1 Å². The molecule has 0 spiro atoms. The van der Waals surface area contributed by atoms with E-state index in [4.69, 9.17) is 4.98 Å². The smallest absolute Gasteiger partial charge is 0.258 e. The lowest BCUT2D eigenvalue weighted by atomic mass is 9.94. The fraction of sp³-hybridized carbons (Fsp3) is 0. The molecule has 0 amide bonds. The van der Waals surface area contributed by atoms with E-state index in [9.17, 15) is 10.1 Å². The summed E-state index contributed by atoms with van der Waals surface area (Å²) in [5.74, 6) is 0. The molecular weight excluding hydrogens is 360 g/mol. The Hall–Kier alpha value is -4.05. The quantitative estimate of drug-likeness (QED) is 0.202. The van der Waals surface area contributed by atoms with Crippen LogP contribution in [0.15, 0.2) is 97.1 Å². The molecule has 0 aliphatic heterocycles. The molecule has 1 aromatic heterocycles. The zero-order chi connectivity index (χ0) is 19.8. The molecule has 0 fully saturated rings. The van der Waals surface area contributed by atoms with Crippen LogP contribution < -0.4 is 0 Å². The van der Waals surface area contributed by atoms with Crippen molar-refractivity contribution in [3.63, 3.8) is 0 Å². The fourth-order valence-electron chi connectivity index (χ4n) is 3.78. The zero-order valence-corrected chi connectivity index (χ0v) is 15.4. The molecule has 29 heavy (non-hydrogen) atoms. The number of pyridine rings is 1. The molecule has 5 aromatic rings. The normalized spacial score (nSPS) is 11.0. The molecule has 138 valence electrons. The average molecular weight is 376 g/mol. The van der Waals surface area contributed by atoms with Crippen LogP contribution in [0.2, 0.25) is 0 Å². The Balaban J connectivity index is 1.89. The molecule has 1 heterocycles. The van der Waals surface area contributed by atoms with Gasteiger partial charge in [-0.25, -0.2) is 4.98 Å². The Bertz CT molecular complexity index is 1380. The molecule has 0 saturated heterocycles. The first-order valence-electron chi connectivity index (χ1n) is 9.33. The summed E-state index contributed by atoms with van der Waals surface area (Å²) in [6, 6.07) is 31.0. The third-order valence-corrected chi connectivity index (χ3v) is 5.14. The maximum Gasteiger partial charge on any atom is 0.270 e. The Morgan fingerprint density at radius 3 is 2.31 bits per heavy atom. The highest BCUT2D eigenvalue weighted by molar-refractivity contribution is 6.13. The lowest BCUT2D eigenvalue weighted by molar-refractivity contribution is -0.384. The molecule has 0 aliphatic rings. The first-order valence-corrected chi connectivity index (χ1v) is 9.33. The number of hydrogen-bond acceptors (Lipinski definition) is 3. The summed E-state index contributed by atoms with van der Waals surface area (Å²) in [6.45, 7) is 0. The zero-order valence-electron chi connectivity index (χ0n) is 15.4. The van der Waals surface area contributed by atoms with Crippen LogP contribution in [-0.2, 0) is 0 Å². The molecule has 0 bridgehead atoms. The average Bonchev–Trinajstić information content (AvgIpc) is 2.78. The Morgan fingerprint density at radius 2 is 1.48 bits per heavy atom. The van der Waals surface area contributed by atoms with Gasteiger partial charge in [0.1, 0.15) is 0 Å². The third kappa shape index (κ3) is 3.01. The number of benzene rings is 4. The molecule has 4 nitrogen and oxygen atoms in total. The highest BCUT2D eigenvalue weighted by atomic mass is 16.6. The highest BCUT2D eigenvalue weighted by Crippen LogP contribution is 2.37. The minimum atomic E-state index is -0.358. The minimum Gasteiger partial charge on any atom is -0.258 e. The van der Waals surface area contributed by atoms with Crippen molar-refractivity contribution < 1.29 is 4.92 Å². The van der Waals surface area contributed by atoms with E-state index in [1.807, 2.05) is 60.7 Å². The van der Waals surface area contributed by atoms with Gasteiger partial charge < -0.3 is 0 Å². The summed E-state index contributed by atoms with van der Waals surface area (Å²) in [7, 11) is 0. The molecule has 0 aliphatic carbocycles. The monoisotopic (exact) mass is 376 g/mol. The Morgan fingerprint density at radius 1 is 0.724 bits per heavy atom. The molecule has 0 saturated carbocycles. The standard InChI is InChI=1S/C25H16N2O2/c28-27(29)20-11-6-10-19(15-20)22-16-24(18-8-2-1-3-9-18)26-23-14-13-17-7-4-5-12-21(17)25(22)23/h1-16H. The first-order chi connectivity index (χ1) is 14.2. The third-order valence-electron chi connectivity index (χ3n) is 5.14. The van der Waals surface area contributed by atoms with Crippen molar-refractivity contribution >= 4 is 27.4 Å². The predicted octanol–water partition coefficient (Wildman–Crippen LogP) is 6.63. The second-order valence-corrected chi connectivity index (χ2v) is 6.91. The summed E-state index contributed by atoms with van der Waals surface area (Å²) >= 11 is 0. The van der Waals surface area contributed by atoms with Crippen LogP contribution >= 0.6 is 0 Å². The number of aromatic nitrogens is 1. The van der Waals surface area contributed by atoms with Crippen LogP contribution in [0.25, 0.3) is 44.1 Å². The topological polar surface area (TPSA) is 56.0 Å². The maximum atomic E-state index is 11.3. The summed E-state index contributed by atoms with van der Waals surface area (Å²) in [5, 5.41) is 14.5. The van der Waals surface area contributed by atoms with E-state index in [1.165, 1.54) is 6.07 Å². The number of nitrogens with zero attached hydrogens (tertiary/aromatic N) is 2. The highest BCUT2D eigenvalue weighted by Gasteiger charge is 2.14. The van der Waals surface area contributed by atoms with E-state index < -0.39 is 0 Å². The lowest BCUT2D eigenvalue weighted by Gasteiger charge is -2.13. The van der Waals surface area contributed by atoms with Crippen molar-refractivity contribution in [3.8, 4) is 22.4 Å². The van der Waals surface area contributed by atoms with Crippen molar-refractivity contribution in [2.24, 2.45) is 0 Å². The summed E-state index contributed by atoms with van der Waals surface area (Å²) in [5.41, 5.74) is 4.54. The number of nitro benzene ring substituents is 1. The molecule has 0 radical (unpaired) electrons. The molecule has 0 N–H and O–H groups in total. The number of non-ortho nitro benzene ring substituents is 1.